The molecule has 2 fully saturated rings. The summed E-state index contributed by atoms with van der Waals surface area (Å²) >= 11 is 0. The van der Waals surface area contributed by atoms with E-state index in [1.807, 2.05) is 6.92 Å². The number of ether oxygens (including phenoxy) is 3. The molecule has 0 radical (unpaired) electrons. The zero-order chi connectivity index (χ0) is 30.6. The van der Waals surface area contributed by atoms with Crippen molar-refractivity contribution in [3.05, 3.63) is 48.1 Å². The third-order valence-corrected chi connectivity index (χ3v) is 13.8. The lowest BCUT2D eigenvalue weighted by molar-refractivity contribution is -0.289. The number of terminal acetylenes is 1. The van der Waals surface area contributed by atoms with Crippen LogP contribution in [0.1, 0.15) is 45.2 Å². The molecule has 8 nitrogen and oxygen atoms in total. The number of carbonyl (C=O) groups is 1. The second-order valence-corrected chi connectivity index (χ2v) is 17.2. The van der Waals surface area contributed by atoms with E-state index in [4.69, 9.17) is 25.1 Å². The number of epoxide rings is 1. The molecule has 1 saturated heterocycles. The number of carboxylic acid groups (broad SMARTS) is 1. The van der Waals surface area contributed by atoms with Crippen molar-refractivity contribution in [3.63, 3.8) is 0 Å². The third-order valence-electron chi connectivity index (χ3n) is 9.44. The van der Waals surface area contributed by atoms with Crippen LogP contribution >= 0.6 is 0 Å². The summed E-state index contributed by atoms with van der Waals surface area (Å²) in [5, 5.41) is 22.7. The molecular weight excluding hydrogens is 538 g/mol. The second-order valence-electron chi connectivity index (χ2n) is 12.5. The Bertz CT molecular complexity index is 1370. The SMILES string of the molecule is C#CC=CC#C[C@@H]1N(C(=O)O)c2ccc(O[Si](C)(C)C(C)(C)C)c(CC=C)c2[C@@]23O[C@@]12[C@@H](C)CC(OC)(OC)[C@@H]3O. The Kier molecular flexibility index (Phi) is 7.79. The first kappa shape index (κ1) is 30.9. The van der Waals surface area contributed by atoms with Gasteiger partial charge in [-0.1, -0.05) is 51.5 Å². The summed E-state index contributed by atoms with van der Waals surface area (Å²) in [6.07, 6.45) is 8.14. The van der Waals surface area contributed by atoms with Gasteiger partial charge in [0.25, 0.3) is 0 Å². The maximum atomic E-state index is 13.0. The highest BCUT2D eigenvalue weighted by molar-refractivity contribution is 6.74. The van der Waals surface area contributed by atoms with Gasteiger partial charge in [-0.15, -0.1) is 13.0 Å². The van der Waals surface area contributed by atoms with Crippen LogP contribution in [0.25, 0.3) is 0 Å². The fourth-order valence-corrected chi connectivity index (χ4v) is 7.44. The molecule has 9 heteroatoms. The van der Waals surface area contributed by atoms with E-state index in [1.54, 1.807) is 18.2 Å². The summed E-state index contributed by atoms with van der Waals surface area (Å²) in [5.41, 5.74) is -0.979. The number of allylic oxidation sites excluding steroid dienone is 3. The number of aliphatic hydroxyl groups is 1. The molecule has 3 aliphatic rings. The number of benzene rings is 1. The lowest BCUT2D eigenvalue weighted by Crippen LogP contribution is -2.68. The average Bonchev–Trinajstić information content (AvgIpc) is 3.62. The molecule has 0 aromatic heterocycles. The van der Waals surface area contributed by atoms with E-state index in [0.29, 0.717) is 29.0 Å². The summed E-state index contributed by atoms with van der Waals surface area (Å²) in [6.45, 7) is 16.7. The summed E-state index contributed by atoms with van der Waals surface area (Å²) in [6, 6.07) is 2.58. The Labute approximate surface area is 244 Å². The maximum absolute atomic E-state index is 13.0. The van der Waals surface area contributed by atoms with E-state index in [1.165, 1.54) is 31.3 Å². The van der Waals surface area contributed by atoms with Crippen LogP contribution in [0.4, 0.5) is 10.5 Å². The number of aliphatic hydroxyl groups excluding tert-OH is 1. The van der Waals surface area contributed by atoms with Crippen LogP contribution in [-0.2, 0) is 26.2 Å². The Morgan fingerprint density at radius 3 is 2.49 bits per heavy atom. The fraction of sp³-hybridized carbons (Fsp3) is 0.531. The molecule has 0 spiro atoms. The van der Waals surface area contributed by atoms with E-state index < -0.39 is 43.5 Å². The van der Waals surface area contributed by atoms with Gasteiger partial charge in [-0.2, -0.15) is 0 Å². The molecule has 41 heavy (non-hydrogen) atoms. The van der Waals surface area contributed by atoms with Crippen molar-refractivity contribution in [2.75, 3.05) is 19.1 Å². The van der Waals surface area contributed by atoms with Gasteiger partial charge in [0, 0.05) is 31.8 Å². The molecule has 5 atom stereocenters. The Morgan fingerprint density at radius 1 is 1.29 bits per heavy atom. The topological polar surface area (TPSA) is 101 Å². The minimum Gasteiger partial charge on any atom is -0.543 e. The minimum absolute atomic E-state index is 0.0910. The van der Waals surface area contributed by atoms with Crippen molar-refractivity contribution in [2.24, 2.45) is 5.92 Å². The van der Waals surface area contributed by atoms with Crippen LogP contribution < -0.4 is 9.33 Å². The van der Waals surface area contributed by atoms with Gasteiger partial charge in [0.05, 0.1) is 5.69 Å². The molecule has 1 aromatic carbocycles. The van der Waals surface area contributed by atoms with E-state index in [2.05, 4.69) is 58.2 Å². The summed E-state index contributed by atoms with van der Waals surface area (Å²) in [5.74, 6) is 7.27. The molecule has 0 bridgehead atoms. The summed E-state index contributed by atoms with van der Waals surface area (Å²) in [4.78, 5) is 14.2. The highest BCUT2D eigenvalue weighted by atomic mass is 28.4. The first-order valence-electron chi connectivity index (χ1n) is 13.7. The summed E-state index contributed by atoms with van der Waals surface area (Å²) < 4.78 is 25.3. The van der Waals surface area contributed by atoms with Crippen LogP contribution in [0.5, 0.6) is 5.75 Å². The van der Waals surface area contributed by atoms with Crippen molar-refractivity contribution in [2.45, 2.75) is 87.8 Å². The van der Waals surface area contributed by atoms with Crippen LogP contribution in [0.15, 0.2) is 36.9 Å². The smallest absolute Gasteiger partial charge is 0.413 e. The lowest BCUT2D eigenvalue weighted by atomic mass is 9.60. The van der Waals surface area contributed by atoms with Crippen LogP contribution in [-0.4, -0.2) is 62.4 Å². The first-order valence-corrected chi connectivity index (χ1v) is 16.7. The fourth-order valence-electron chi connectivity index (χ4n) is 6.40. The largest absolute Gasteiger partial charge is 0.543 e. The van der Waals surface area contributed by atoms with Gasteiger partial charge in [-0.3, -0.25) is 4.90 Å². The molecule has 1 aromatic rings. The quantitative estimate of drug-likeness (QED) is 0.157. The predicted octanol–water partition coefficient (Wildman–Crippen LogP) is 5.21. The number of methoxy groups -OCH3 is 2. The van der Waals surface area contributed by atoms with Gasteiger partial charge in [0.15, 0.2) is 11.4 Å². The highest BCUT2D eigenvalue weighted by Gasteiger charge is 2.88. The van der Waals surface area contributed by atoms with Gasteiger partial charge in [-0.05, 0) is 54.8 Å². The normalized spacial score (nSPS) is 29.8. The molecule has 2 aliphatic heterocycles. The van der Waals surface area contributed by atoms with Gasteiger partial charge in [0.1, 0.15) is 23.5 Å². The molecule has 1 aliphatic carbocycles. The zero-order valence-electron chi connectivity index (χ0n) is 25.2. The molecule has 2 N–H and O–H groups in total. The average molecular weight is 580 g/mol. The van der Waals surface area contributed by atoms with Crippen molar-refractivity contribution >= 4 is 20.1 Å². The van der Waals surface area contributed by atoms with Crippen molar-refractivity contribution in [1.29, 1.82) is 0 Å². The molecule has 1 amide bonds. The van der Waals surface area contributed by atoms with Gasteiger partial charge >= 0.3 is 6.09 Å². The Morgan fingerprint density at radius 2 is 1.95 bits per heavy atom. The van der Waals surface area contributed by atoms with Crippen LogP contribution in [0.3, 0.4) is 0 Å². The molecule has 2 heterocycles. The summed E-state index contributed by atoms with van der Waals surface area (Å²) in [7, 11) is 0.656. The van der Waals surface area contributed by atoms with Gasteiger partial charge in [-0.25, -0.2) is 4.79 Å². The van der Waals surface area contributed by atoms with Crippen molar-refractivity contribution in [1.82, 2.24) is 0 Å². The monoisotopic (exact) mass is 579 g/mol. The van der Waals surface area contributed by atoms with E-state index in [0.717, 1.165) is 0 Å². The van der Waals surface area contributed by atoms with Gasteiger partial charge < -0.3 is 28.8 Å². The second kappa shape index (κ2) is 10.3. The zero-order valence-corrected chi connectivity index (χ0v) is 26.2. The maximum Gasteiger partial charge on any atom is 0.413 e. The number of hydrogen-bond donors (Lipinski definition) is 2. The highest BCUT2D eigenvalue weighted by Crippen LogP contribution is 2.74. The van der Waals surface area contributed by atoms with E-state index >= 15 is 0 Å². The lowest BCUT2D eigenvalue weighted by Gasteiger charge is -2.51. The molecular formula is C32H41NO7Si. The number of nitrogens with zero attached hydrogens (tertiary/aromatic N) is 1. The number of amides is 1. The molecule has 4 rings (SSSR count). The van der Waals surface area contributed by atoms with Crippen LogP contribution in [0, 0.1) is 30.1 Å². The number of fused-ring (bicyclic) bond motifs is 1. The standard InChI is InChI=1S/C32H41NO7Si/c1-11-13-14-15-17-25-31-21(3)20-30(37-7,38-8)27(34)32(31,40-31)26-22(16-12-2)24(39-41(9,10)29(4,5)6)19-18-23(26)33(25)28(35)36/h1,12-14,18-19,21,25,27,34H,2,16,20H2,3-10H3,(H,35,36)/t21-,25-,27-,31-,32-/m0/s1. The Balaban J connectivity index is 2.10. The number of hydrogen-bond acceptors (Lipinski definition) is 6. The number of anilines is 1. The van der Waals surface area contributed by atoms with Gasteiger partial charge in [0.2, 0.25) is 8.32 Å². The minimum atomic E-state index is -2.32. The molecule has 220 valence electrons. The van der Waals surface area contributed by atoms with Crippen molar-refractivity contribution in [3.8, 4) is 29.9 Å². The third kappa shape index (κ3) is 4.26. The number of rotatable bonds is 6. The van der Waals surface area contributed by atoms with E-state index in [-0.39, 0.29) is 17.4 Å². The Hall–Kier alpha value is -3.05. The van der Waals surface area contributed by atoms with Crippen molar-refractivity contribution < 1.29 is 33.6 Å². The first-order chi connectivity index (χ1) is 19.2. The van der Waals surface area contributed by atoms with Crippen LogP contribution in [0.2, 0.25) is 18.1 Å². The molecule has 1 saturated carbocycles. The molecule has 0 unspecified atom stereocenters. The predicted molar refractivity (Wildman–Crippen MR) is 160 cm³/mol. The van der Waals surface area contributed by atoms with E-state index in [9.17, 15) is 15.0 Å².